The van der Waals surface area contributed by atoms with E-state index < -0.39 is 0 Å². The Labute approximate surface area is 113 Å². The van der Waals surface area contributed by atoms with E-state index >= 15 is 0 Å². The highest BCUT2D eigenvalue weighted by atomic mass is 35.5. The number of anilines is 1. The normalized spacial score (nSPS) is 10.7. The first-order valence-corrected chi connectivity index (χ1v) is 6.65. The molecule has 0 radical (unpaired) electrons. The highest BCUT2D eigenvalue weighted by Gasteiger charge is 2.11. The van der Waals surface area contributed by atoms with Gasteiger partial charge in [0.2, 0.25) is 0 Å². The van der Waals surface area contributed by atoms with Gasteiger partial charge in [-0.2, -0.15) is 5.10 Å². The first-order chi connectivity index (χ1) is 8.75. The molecule has 2 N–H and O–H groups in total. The number of para-hydroxylation sites is 1. The lowest BCUT2D eigenvalue weighted by Gasteiger charge is -2.02. The van der Waals surface area contributed by atoms with Gasteiger partial charge in [-0.25, -0.2) is 4.68 Å². The van der Waals surface area contributed by atoms with Crippen LogP contribution in [0.25, 0.3) is 16.3 Å². The Balaban J connectivity index is 2.11. The van der Waals surface area contributed by atoms with Crippen molar-refractivity contribution in [2.45, 2.75) is 0 Å². The third-order valence-corrected chi connectivity index (χ3v) is 3.79. The molecule has 0 spiro atoms. The maximum absolute atomic E-state index is 6.15. The summed E-state index contributed by atoms with van der Waals surface area (Å²) in [5.74, 6) is 0. The van der Waals surface area contributed by atoms with Crippen LogP contribution >= 0.6 is 22.9 Å². The van der Waals surface area contributed by atoms with E-state index in [2.05, 4.69) is 5.10 Å². The van der Waals surface area contributed by atoms with E-state index in [9.17, 15) is 0 Å². The van der Waals surface area contributed by atoms with Gasteiger partial charge in [-0.05, 0) is 23.6 Å². The summed E-state index contributed by atoms with van der Waals surface area (Å²) in [4.78, 5) is 1.05. The van der Waals surface area contributed by atoms with Crippen molar-refractivity contribution in [1.82, 2.24) is 9.78 Å². The van der Waals surface area contributed by atoms with Crippen LogP contribution in [0, 0.1) is 0 Å². The number of nitrogens with two attached hydrogens (primary N) is 1. The molecule has 0 aliphatic carbocycles. The van der Waals surface area contributed by atoms with E-state index in [0.717, 1.165) is 16.3 Å². The van der Waals surface area contributed by atoms with Crippen LogP contribution in [0.4, 0.5) is 5.69 Å². The molecule has 1 aromatic carbocycles. The molecule has 0 unspecified atom stereocenters. The number of halogens is 1. The lowest BCUT2D eigenvalue weighted by atomic mass is 10.3. The molecule has 90 valence electrons. The van der Waals surface area contributed by atoms with Crippen LogP contribution < -0.4 is 5.73 Å². The van der Waals surface area contributed by atoms with Gasteiger partial charge >= 0.3 is 0 Å². The number of rotatable bonds is 2. The number of nitrogens with zero attached hydrogens (tertiary/aromatic N) is 2. The Morgan fingerprint density at radius 3 is 2.72 bits per heavy atom. The molecule has 3 nitrogen and oxygen atoms in total. The van der Waals surface area contributed by atoms with Crippen molar-refractivity contribution in [2.24, 2.45) is 0 Å². The van der Waals surface area contributed by atoms with E-state index in [1.54, 1.807) is 22.2 Å². The van der Waals surface area contributed by atoms with Crippen LogP contribution in [0.5, 0.6) is 0 Å². The Kier molecular flexibility index (Phi) is 2.81. The lowest BCUT2D eigenvalue weighted by Crippen LogP contribution is -1.95. The van der Waals surface area contributed by atoms with Crippen LogP contribution in [0.2, 0.25) is 5.02 Å². The molecule has 0 fully saturated rings. The zero-order chi connectivity index (χ0) is 12.5. The zero-order valence-electron chi connectivity index (χ0n) is 9.38. The molecular formula is C13H10ClN3S. The van der Waals surface area contributed by atoms with Crippen molar-refractivity contribution in [3.63, 3.8) is 0 Å². The zero-order valence-corrected chi connectivity index (χ0v) is 10.9. The summed E-state index contributed by atoms with van der Waals surface area (Å²) in [6.45, 7) is 0. The van der Waals surface area contributed by atoms with Crippen LogP contribution in [-0.4, -0.2) is 9.78 Å². The summed E-state index contributed by atoms with van der Waals surface area (Å²) in [5, 5.41) is 7.15. The number of aromatic nitrogens is 2. The van der Waals surface area contributed by atoms with E-state index in [4.69, 9.17) is 17.3 Å². The fourth-order valence-electron chi connectivity index (χ4n) is 1.75. The van der Waals surface area contributed by atoms with Crippen LogP contribution in [0.15, 0.2) is 48.0 Å². The van der Waals surface area contributed by atoms with E-state index in [-0.39, 0.29) is 0 Å². The van der Waals surface area contributed by atoms with Gasteiger partial charge in [0.05, 0.1) is 27.5 Å². The van der Waals surface area contributed by atoms with Gasteiger partial charge in [0.25, 0.3) is 0 Å². The molecule has 2 heterocycles. The van der Waals surface area contributed by atoms with E-state index in [1.165, 1.54) is 0 Å². The molecule has 0 atom stereocenters. The molecule has 0 aliphatic heterocycles. The number of hydrogen-bond acceptors (Lipinski definition) is 3. The van der Waals surface area contributed by atoms with Crippen molar-refractivity contribution in [1.29, 1.82) is 0 Å². The SMILES string of the molecule is Nc1cn(-c2ccccc2Cl)nc1-c1cccs1. The Morgan fingerprint density at radius 1 is 1.17 bits per heavy atom. The third-order valence-electron chi connectivity index (χ3n) is 2.60. The third kappa shape index (κ3) is 1.89. The lowest BCUT2D eigenvalue weighted by molar-refractivity contribution is 0.885. The molecule has 3 rings (SSSR count). The summed E-state index contributed by atoms with van der Waals surface area (Å²) in [6, 6.07) is 11.5. The molecule has 3 aromatic rings. The largest absolute Gasteiger partial charge is 0.396 e. The molecule has 0 bridgehead atoms. The van der Waals surface area contributed by atoms with Crippen LogP contribution in [0.3, 0.4) is 0 Å². The second-order valence-electron chi connectivity index (χ2n) is 3.81. The van der Waals surface area contributed by atoms with Gasteiger partial charge in [-0.1, -0.05) is 29.8 Å². The Hall–Kier alpha value is -1.78. The minimum Gasteiger partial charge on any atom is -0.396 e. The summed E-state index contributed by atoms with van der Waals surface area (Å²) in [5.41, 5.74) is 8.27. The van der Waals surface area contributed by atoms with Gasteiger partial charge in [0.15, 0.2) is 0 Å². The van der Waals surface area contributed by atoms with Gasteiger partial charge in [0, 0.05) is 0 Å². The molecule has 0 amide bonds. The van der Waals surface area contributed by atoms with Gasteiger partial charge in [-0.15, -0.1) is 11.3 Å². The smallest absolute Gasteiger partial charge is 0.126 e. The summed E-state index contributed by atoms with van der Waals surface area (Å²) >= 11 is 7.76. The molecule has 0 saturated heterocycles. The fourth-order valence-corrected chi connectivity index (χ4v) is 2.71. The predicted octanol–water partition coefficient (Wildman–Crippen LogP) is 3.84. The average Bonchev–Trinajstić information content (AvgIpc) is 2.98. The Morgan fingerprint density at radius 2 is 2.00 bits per heavy atom. The maximum Gasteiger partial charge on any atom is 0.126 e. The number of hydrogen-bond donors (Lipinski definition) is 1. The second kappa shape index (κ2) is 4.48. The second-order valence-corrected chi connectivity index (χ2v) is 5.16. The van der Waals surface area contributed by atoms with Gasteiger partial charge in [0.1, 0.15) is 5.69 Å². The first kappa shape index (κ1) is 11.3. The van der Waals surface area contributed by atoms with E-state index in [0.29, 0.717) is 10.7 Å². The van der Waals surface area contributed by atoms with Crippen molar-refractivity contribution in [3.05, 3.63) is 53.0 Å². The van der Waals surface area contributed by atoms with Crippen LogP contribution in [0.1, 0.15) is 0 Å². The summed E-state index contributed by atoms with van der Waals surface area (Å²) in [7, 11) is 0. The molecule has 0 aliphatic rings. The number of thiophene rings is 1. The van der Waals surface area contributed by atoms with E-state index in [1.807, 2.05) is 41.8 Å². The fraction of sp³-hybridized carbons (Fsp3) is 0. The molecular weight excluding hydrogens is 266 g/mol. The first-order valence-electron chi connectivity index (χ1n) is 5.39. The minimum atomic E-state index is 0.650. The Bertz CT molecular complexity index is 673. The topological polar surface area (TPSA) is 43.8 Å². The predicted molar refractivity (Wildman–Crippen MR) is 76.3 cm³/mol. The molecule has 0 saturated carbocycles. The summed E-state index contributed by atoms with van der Waals surface area (Å²) in [6.07, 6.45) is 1.79. The highest BCUT2D eigenvalue weighted by molar-refractivity contribution is 7.13. The number of benzene rings is 1. The minimum absolute atomic E-state index is 0.650. The van der Waals surface area contributed by atoms with Crippen molar-refractivity contribution in [2.75, 3.05) is 5.73 Å². The molecule has 2 aromatic heterocycles. The van der Waals surface area contributed by atoms with Gasteiger partial charge in [-0.3, -0.25) is 0 Å². The quantitative estimate of drug-likeness (QED) is 0.772. The monoisotopic (exact) mass is 275 g/mol. The standard InChI is InChI=1S/C13H10ClN3S/c14-9-4-1-2-5-11(9)17-8-10(15)13(16-17)12-6-3-7-18-12/h1-8H,15H2. The molecule has 5 heteroatoms. The van der Waals surface area contributed by atoms with Crippen LogP contribution in [-0.2, 0) is 0 Å². The summed E-state index contributed by atoms with van der Waals surface area (Å²) < 4.78 is 1.72. The molecule has 18 heavy (non-hydrogen) atoms. The van der Waals surface area contributed by atoms with Gasteiger partial charge < -0.3 is 5.73 Å². The average molecular weight is 276 g/mol. The van der Waals surface area contributed by atoms with Crippen molar-refractivity contribution in [3.8, 4) is 16.3 Å². The number of nitrogen functional groups attached to an aromatic ring is 1. The highest BCUT2D eigenvalue weighted by Crippen LogP contribution is 2.30. The maximum atomic E-state index is 6.15. The van der Waals surface area contributed by atoms with Crippen molar-refractivity contribution < 1.29 is 0 Å². The van der Waals surface area contributed by atoms with Crippen molar-refractivity contribution >= 4 is 28.6 Å².